The molecule has 0 unspecified atom stereocenters. The molecule has 0 aromatic heterocycles. The van der Waals surface area contributed by atoms with Crippen LogP contribution in [0.1, 0.15) is 5.56 Å². The number of benzene rings is 1. The minimum atomic E-state index is -3.74. The Bertz CT molecular complexity index is 602. The number of hydrogen-bond donors (Lipinski definition) is 1. The van der Waals surface area contributed by atoms with E-state index in [0.29, 0.717) is 33.0 Å². The van der Waals surface area contributed by atoms with E-state index in [1.165, 1.54) is 17.0 Å². The number of hydrogen-bond acceptors (Lipinski definition) is 7. The quantitative estimate of drug-likeness (QED) is 0.177. The van der Waals surface area contributed by atoms with Crippen LogP contribution in [0.2, 0.25) is 0 Å². The minimum absolute atomic E-state index is 0.00535. The maximum absolute atomic E-state index is 11.9. The molecule has 1 aromatic rings. The summed E-state index contributed by atoms with van der Waals surface area (Å²) in [5.74, 6) is 0. The van der Waals surface area contributed by atoms with Crippen LogP contribution in [0, 0.1) is 6.92 Å². The van der Waals surface area contributed by atoms with E-state index in [0.717, 1.165) is 5.56 Å². The summed E-state index contributed by atoms with van der Waals surface area (Å²) in [6.45, 7) is 3.85. The van der Waals surface area contributed by atoms with Crippen LogP contribution in [0.15, 0.2) is 29.2 Å². The molecule has 1 aromatic carbocycles. The Morgan fingerprint density at radius 2 is 1.31 bits per heavy atom. The highest BCUT2D eigenvalue weighted by Crippen LogP contribution is 2.12. The van der Waals surface area contributed by atoms with Crippen LogP contribution in [0.3, 0.4) is 0 Å². The van der Waals surface area contributed by atoms with Crippen molar-refractivity contribution in [2.75, 3.05) is 52.9 Å². The summed E-state index contributed by atoms with van der Waals surface area (Å²) in [4.78, 5) is 1.63. The standard InChI is InChI=1S/C15H24O7S.N3/c1-14-2-4-15(5-3-14)23(17,18)22-13-12-21-11-10-20-9-8-19-7-6-16;1-3-2/h2-5,16H,6-13H2,1H3;/q;-1. The predicted molar refractivity (Wildman–Crippen MR) is 93.9 cm³/mol. The lowest BCUT2D eigenvalue weighted by Gasteiger charge is -2.08. The molecule has 0 spiro atoms. The van der Waals surface area contributed by atoms with Crippen molar-refractivity contribution in [3.05, 3.63) is 45.8 Å². The number of aliphatic hydroxyl groups is 1. The van der Waals surface area contributed by atoms with Gasteiger partial charge in [0.15, 0.2) is 0 Å². The molecule has 10 nitrogen and oxygen atoms in total. The normalized spacial score (nSPS) is 10.7. The zero-order valence-electron chi connectivity index (χ0n) is 14.6. The largest absolute Gasteiger partial charge is 0.394 e. The molecule has 1 rings (SSSR count). The number of nitrogens with zero attached hydrogens (tertiary/aromatic N) is 3. The van der Waals surface area contributed by atoms with Gasteiger partial charge in [0.1, 0.15) is 0 Å². The van der Waals surface area contributed by atoms with E-state index in [-0.39, 0.29) is 24.7 Å². The highest BCUT2D eigenvalue weighted by molar-refractivity contribution is 7.86. The number of ether oxygens (including phenoxy) is 3. The molecular formula is C15H24N3O7S-. The summed E-state index contributed by atoms with van der Waals surface area (Å²) >= 11 is 0. The van der Waals surface area contributed by atoms with Gasteiger partial charge in [0, 0.05) is 0 Å². The first-order chi connectivity index (χ1) is 12.5. The van der Waals surface area contributed by atoms with Gasteiger partial charge in [0.25, 0.3) is 10.1 Å². The van der Waals surface area contributed by atoms with Gasteiger partial charge < -0.3 is 30.4 Å². The molecule has 0 fully saturated rings. The van der Waals surface area contributed by atoms with Crippen molar-refractivity contribution in [3.8, 4) is 0 Å². The molecule has 26 heavy (non-hydrogen) atoms. The van der Waals surface area contributed by atoms with E-state index in [2.05, 4.69) is 0 Å². The zero-order valence-corrected chi connectivity index (χ0v) is 15.4. The predicted octanol–water partition coefficient (Wildman–Crippen LogP) is 1.61. The van der Waals surface area contributed by atoms with E-state index in [1.54, 1.807) is 12.1 Å². The van der Waals surface area contributed by atoms with E-state index >= 15 is 0 Å². The fraction of sp³-hybridized carbons (Fsp3) is 0.600. The molecule has 0 aliphatic carbocycles. The molecule has 0 heterocycles. The monoisotopic (exact) mass is 390 g/mol. The molecule has 0 radical (unpaired) electrons. The maximum atomic E-state index is 11.9. The molecule has 11 heteroatoms. The van der Waals surface area contributed by atoms with Gasteiger partial charge in [-0.1, -0.05) is 17.7 Å². The second-order valence-corrected chi connectivity index (χ2v) is 6.35. The number of aryl methyl sites for hydroxylation is 1. The molecule has 148 valence electrons. The third kappa shape index (κ3) is 12.6. The van der Waals surface area contributed by atoms with Crippen molar-refractivity contribution < 1.29 is 31.9 Å². The number of aliphatic hydroxyl groups excluding tert-OH is 1. The molecule has 0 bridgehead atoms. The summed E-state index contributed by atoms with van der Waals surface area (Å²) in [7, 11) is -3.74. The smallest absolute Gasteiger partial charge is 0.297 e. The summed E-state index contributed by atoms with van der Waals surface area (Å²) in [6, 6.07) is 6.46. The average Bonchev–Trinajstić information content (AvgIpc) is 2.61. The Morgan fingerprint density at radius 1 is 0.885 bits per heavy atom. The average molecular weight is 390 g/mol. The lowest BCUT2D eigenvalue weighted by molar-refractivity contribution is 0.00389. The molecular weight excluding hydrogens is 366 g/mol. The third-order valence-corrected chi connectivity index (χ3v) is 4.08. The van der Waals surface area contributed by atoms with Crippen molar-refractivity contribution in [1.29, 1.82) is 0 Å². The maximum Gasteiger partial charge on any atom is 0.297 e. The van der Waals surface area contributed by atoms with Crippen LogP contribution in [-0.2, 0) is 28.5 Å². The van der Waals surface area contributed by atoms with Crippen LogP contribution < -0.4 is 0 Å². The second kappa shape index (κ2) is 15.5. The van der Waals surface area contributed by atoms with Gasteiger partial charge in [-0.3, -0.25) is 9.09 Å². The zero-order chi connectivity index (χ0) is 19.7. The molecule has 0 saturated heterocycles. The molecule has 0 aliphatic rings. The summed E-state index contributed by atoms with van der Waals surface area (Å²) < 4.78 is 44.1. The number of rotatable bonds is 13. The summed E-state index contributed by atoms with van der Waals surface area (Å²) in [5.41, 5.74) is 14.5. The second-order valence-electron chi connectivity index (χ2n) is 4.74. The Kier molecular flexibility index (Phi) is 14.5. The summed E-state index contributed by atoms with van der Waals surface area (Å²) in [5, 5.41) is 8.49. The van der Waals surface area contributed by atoms with Crippen LogP contribution in [0.25, 0.3) is 16.0 Å². The van der Waals surface area contributed by atoms with E-state index < -0.39 is 10.1 Å². The SMILES string of the molecule is Cc1ccc(S(=O)(=O)OCCOCCOCCOCCO)cc1.[N-]=[N+]=[N-]. The van der Waals surface area contributed by atoms with Gasteiger partial charge in [-0.25, -0.2) is 0 Å². The van der Waals surface area contributed by atoms with Crippen LogP contribution in [-0.4, -0.2) is 66.4 Å². The molecule has 0 saturated carbocycles. The van der Waals surface area contributed by atoms with Crippen molar-refractivity contribution >= 4 is 10.1 Å². The highest BCUT2D eigenvalue weighted by Gasteiger charge is 2.14. The molecule has 0 aliphatic heterocycles. The molecule has 0 amide bonds. The van der Waals surface area contributed by atoms with E-state index in [9.17, 15) is 8.42 Å². The van der Waals surface area contributed by atoms with Gasteiger partial charge in [-0.05, 0) is 19.1 Å². The highest BCUT2D eigenvalue weighted by atomic mass is 32.2. The minimum Gasteiger partial charge on any atom is -0.394 e. The van der Waals surface area contributed by atoms with Gasteiger partial charge in [-0.15, -0.1) is 0 Å². The molecule has 0 atom stereocenters. The van der Waals surface area contributed by atoms with Crippen LogP contribution >= 0.6 is 0 Å². The van der Waals surface area contributed by atoms with Crippen molar-refractivity contribution in [2.24, 2.45) is 0 Å². The Labute approximate surface area is 153 Å². The van der Waals surface area contributed by atoms with Gasteiger partial charge >= 0.3 is 0 Å². The van der Waals surface area contributed by atoms with E-state index in [1.807, 2.05) is 6.92 Å². The van der Waals surface area contributed by atoms with Crippen molar-refractivity contribution in [2.45, 2.75) is 11.8 Å². The van der Waals surface area contributed by atoms with Crippen LogP contribution in [0.4, 0.5) is 0 Å². The first-order valence-corrected chi connectivity index (χ1v) is 9.17. The molecule has 1 N–H and O–H groups in total. The first-order valence-electron chi connectivity index (χ1n) is 7.76. The van der Waals surface area contributed by atoms with Gasteiger partial charge in [0.05, 0.1) is 57.8 Å². The van der Waals surface area contributed by atoms with Crippen LogP contribution in [0.5, 0.6) is 0 Å². The third-order valence-electron chi connectivity index (χ3n) is 2.76. The van der Waals surface area contributed by atoms with Gasteiger partial charge in [-0.2, -0.15) is 8.42 Å². The fourth-order valence-corrected chi connectivity index (χ4v) is 2.48. The van der Waals surface area contributed by atoms with Crippen molar-refractivity contribution in [3.63, 3.8) is 0 Å². The fourth-order valence-electron chi connectivity index (χ4n) is 1.58. The Morgan fingerprint density at radius 3 is 1.77 bits per heavy atom. The Hall–Kier alpha value is -1.72. The van der Waals surface area contributed by atoms with Gasteiger partial charge in [0.2, 0.25) is 0 Å². The topological polar surface area (TPSA) is 150 Å². The Balaban J connectivity index is 0.00000194. The lowest BCUT2D eigenvalue weighted by Crippen LogP contribution is -2.14. The first kappa shape index (κ1) is 24.3. The van der Waals surface area contributed by atoms with Crippen molar-refractivity contribution in [1.82, 2.24) is 0 Å². The summed E-state index contributed by atoms with van der Waals surface area (Å²) in [6.07, 6.45) is 0. The lowest BCUT2D eigenvalue weighted by atomic mass is 10.2. The van der Waals surface area contributed by atoms with E-state index in [4.69, 9.17) is 34.6 Å².